The van der Waals surface area contributed by atoms with E-state index < -0.39 is 0 Å². The molecular formula is C17H22ClN3O3S. The van der Waals surface area contributed by atoms with Crippen LogP contribution in [0.1, 0.15) is 20.0 Å². The largest absolute Gasteiger partial charge is 0.383 e. The summed E-state index contributed by atoms with van der Waals surface area (Å²) in [5.74, 6) is -0.433. The number of halogens is 1. The van der Waals surface area contributed by atoms with Crippen molar-refractivity contribution in [2.75, 3.05) is 38.7 Å². The second-order valence-electron chi connectivity index (χ2n) is 4.98. The molecule has 1 aromatic carbocycles. The number of ether oxygens (including phenoxy) is 1. The molecule has 0 spiro atoms. The van der Waals surface area contributed by atoms with Crippen LogP contribution in [0.5, 0.6) is 0 Å². The summed E-state index contributed by atoms with van der Waals surface area (Å²) in [6.07, 6.45) is 0. The van der Waals surface area contributed by atoms with E-state index in [0.29, 0.717) is 35.8 Å². The number of nitrogens with one attached hydrogen (secondary N) is 3. The highest BCUT2D eigenvalue weighted by molar-refractivity contribution is 7.12. The van der Waals surface area contributed by atoms with Gasteiger partial charge in [-0.15, -0.1) is 23.7 Å². The summed E-state index contributed by atoms with van der Waals surface area (Å²) < 4.78 is 4.93. The van der Waals surface area contributed by atoms with E-state index in [1.165, 1.54) is 11.3 Å². The number of benzene rings is 1. The summed E-state index contributed by atoms with van der Waals surface area (Å²) in [5.41, 5.74) is 0.944. The van der Waals surface area contributed by atoms with Crippen molar-refractivity contribution >= 4 is 41.2 Å². The zero-order valence-electron chi connectivity index (χ0n) is 13.9. The Morgan fingerprint density at radius 2 is 1.84 bits per heavy atom. The van der Waals surface area contributed by atoms with E-state index in [-0.39, 0.29) is 24.2 Å². The highest BCUT2D eigenvalue weighted by Gasteiger charge is 2.14. The molecule has 0 unspecified atom stereocenters. The molecule has 0 atom stereocenters. The van der Waals surface area contributed by atoms with Gasteiger partial charge in [0.05, 0.1) is 22.7 Å². The molecule has 0 aliphatic rings. The predicted molar refractivity (Wildman–Crippen MR) is 103 cm³/mol. The molecular weight excluding hydrogens is 362 g/mol. The van der Waals surface area contributed by atoms with Gasteiger partial charge in [-0.1, -0.05) is 18.2 Å². The maximum Gasteiger partial charge on any atom is 0.265 e. The molecule has 0 saturated carbocycles. The highest BCUT2D eigenvalue weighted by Crippen LogP contribution is 2.17. The lowest BCUT2D eigenvalue weighted by atomic mass is 10.1. The third kappa shape index (κ3) is 6.83. The molecule has 1 aromatic heterocycles. The molecule has 0 radical (unpaired) electrons. The van der Waals surface area contributed by atoms with Crippen LogP contribution in [0.3, 0.4) is 0 Å². The fourth-order valence-electron chi connectivity index (χ4n) is 2.04. The van der Waals surface area contributed by atoms with Crippen LogP contribution in [-0.2, 0) is 4.74 Å². The fourth-order valence-corrected chi connectivity index (χ4v) is 2.66. The topological polar surface area (TPSA) is 79.5 Å². The predicted octanol–water partition coefficient (Wildman–Crippen LogP) is 2.39. The molecule has 1 heterocycles. The average Bonchev–Trinajstić information content (AvgIpc) is 3.13. The molecule has 0 aliphatic heterocycles. The van der Waals surface area contributed by atoms with Gasteiger partial charge in [0.15, 0.2) is 0 Å². The third-order valence-corrected chi connectivity index (χ3v) is 4.10. The molecule has 0 aliphatic carbocycles. The minimum absolute atomic E-state index is 0. The number of carbonyl (C=O) groups is 2. The maximum atomic E-state index is 12.3. The van der Waals surface area contributed by atoms with Crippen LogP contribution >= 0.6 is 23.7 Å². The number of hydrogen-bond donors (Lipinski definition) is 3. The molecule has 0 bridgehead atoms. The van der Waals surface area contributed by atoms with Gasteiger partial charge < -0.3 is 20.7 Å². The Balaban J connectivity index is 0.00000312. The van der Waals surface area contributed by atoms with Crippen molar-refractivity contribution in [3.8, 4) is 0 Å². The first-order valence-corrected chi connectivity index (χ1v) is 8.52. The molecule has 8 heteroatoms. The van der Waals surface area contributed by atoms with E-state index in [0.717, 1.165) is 6.54 Å². The summed E-state index contributed by atoms with van der Waals surface area (Å²) in [6, 6.07) is 10.5. The van der Waals surface area contributed by atoms with Gasteiger partial charge in [0.2, 0.25) is 0 Å². The molecule has 136 valence electrons. The maximum absolute atomic E-state index is 12.3. The van der Waals surface area contributed by atoms with Crippen molar-refractivity contribution in [2.45, 2.75) is 0 Å². The Labute approximate surface area is 157 Å². The number of rotatable bonds is 9. The second-order valence-corrected chi connectivity index (χ2v) is 5.92. The Kier molecular flexibility index (Phi) is 9.79. The van der Waals surface area contributed by atoms with Gasteiger partial charge >= 0.3 is 0 Å². The first-order chi connectivity index (χ1) is 11.7. The summed E-state index contributed by atoms with van der Waals surface area (Å²) in [5, 5.41) is 10.6. The van der Waals surface area contributed by atoms with Crippen molar-refractivity contribution in [3.05, 3.63) is 52.2 Å². The fraction of sp³-hybridized carbons (Fsp3) is 0.294. The first kappa shape index (κ1) is 21.1. The number of methoxy groups -OCH3 is 1. The van der Waals surface area contributed by atoms with Crippen molar-refractivity contribution in [2.24, 2.45) is 0 Å². The van der Waals surface area contributed by atoms with Gasteiger partial charge in [-0.2, -0.15) is 0 Å². The molecule has 25 heavy (non-hydrogen) atoms. The van der Waals surface area contributed by atoms with Crippen molar-refractivity contribution in [1.82, 2.24) is 10.6 Å². The first-order valence-electron chi connectivity index (χ1n) is 7.64. The average molecular weight is 384 g/mol. The van der Waals surface area contributed by atoms with E-state index >= 15 is 0 Å². The lowest BCUT2D eigenvalue weighted by Gasteiger charge is -2.11. The summed E-state index contributed by atoms with van der Waals surface area (Å²) in [7, 11) is 1.64. The number of thiophene rings is 1. The lowest BCUT2D eigenvalue weighted by Crippen LogP contribution is -2.33. The second kappa shape index (κ2) is 11.6. The van der Waals surface area contributed by atoms with Crippen LogP contribution in [0.15, 0.2) is 41.8 Å². The van der Waals surface area contributed by atoms with Crippen LogP contribution in [0, 0.1) is 0 Å². The SMILES string of the molecule is COCCNCCNC(=O)c1ccccc1NC(=O)c1cccs1.Cl. The molecule has 3 N–H and O–H groups in total. The van der Waals surface area contributed by atoms with Crippen LogP contribution in [0.2, 0.25) is 0 Å². The number of carbonyl (C=O) groups excluding carboxylic acids is 2. The smallest absolute Gasteiger partial charge is 0.265 e. The van der Waals surface area contributed by atoms with Gasteiger partial charge in [-0.05, 0) is 23.6 Å². The molecule has 2 rings (SSSR count). The summed E-state index contributed by atoms with van der Waals surface area (Å²) in [4.78, 5) is 25.1. The minimum Gasteiger partial charge on any atom is -0.383 e. The molecule has 2 aromatic rings. The molecule has 0 saturated heterocycles. The van der Waals surface area contributed by atoms with Crippen molar-refractivity contribution < 1.29 is 14.3 Å². The Bertz CT molecular complexity index is 665. The van der Waals surface area contributed by atoms with Crippen molar-refractivity contribution in [1.29, 1.82) is 0 Å². The molecule has 0 fully saturated rings. The summed E-state index contributed by atoms with van der Waals surface area (Å²) >= 11 is 1.36. The van der Waals surface area contributed by atoms with Crippen LogP contribution in [0.25, 0.3) is 0 Å². The molecule has 6 nitrogen and oxygen atoms in total. The van der Waals surface area contributed by atoms with Gasteiger partial charge in [0.25, 0.3) is 11.8 Å². The summed E-state index contributed by atoms with van der Waals surface area (Å²) in [6.45, 7) is 2.51. The zero-order valence-corrected chi connectivity index (χ0v) is 15.5. The molecule has 2 amide bonds. The van der Waals surface area contributed by atoms with Gasteiger partial charge in [0, 0.05) is 26.7 Å². The highest BCUT2D eigenvalue weighted by atomic mass is 35.5. The van der Waals surface area contributed by atoms with Gasteiger partial charge in [0.1, 0.15) is 0 Å². The van der Waals surface area contributed by atoms with Gasteiger partial charge in [-0.3, -0.25) is 9.59 Å². The Morgan fingerprint density at radius 1 is 1.04 bits per heavy atom. The number of anilines is 1. The van der Waals surface area contributed by atoms with Gasteiger partial charge in [-0.25, -0.2) is 0 Å². The monoisotopic (exact) mass is 383 g/mol. The lowest BCUT2D eigenvalue weighted by molar-refractivity contribution is 0.0954. The van der Waals surface area contributed by atoms with Crippen molar-refractivity contribution in [3.63, 3.8) is 0 Å². The van der Waals surface area contributed by atoms with E-state index in [4.69, 9.17) is 4.74 Å². The number of hydrogen-bond acceptors (Lipinski definition) is 5. The number of para-hydroxylation sites is 1. The normalized spacial score (nSPS) is 9.96. The Morgan fingerprint density at radius 3 is 2.56 bits per heavy atom. The standard InChI is InChI=1S/C17H21N3O3S.ClH/c1-23-11-10-18-8-9-19-16(21)13-5-2-3-6-14(13)20-17(22)15-7-4-12-24-15;/h2-7,12,18H,8-11H2,1H3,(H,19,21)(H,20,22);1H. The number of amides is 2. The third-order valence-electron chi connectivity index (χ3n) is 3.24. The van der Waals surface area contributed by atoms with Crippen LogP contribution in [0.4, 0.5) is 5.69 Å². The van der Waals surface area contributed by atoms with E-state index in [9.17, 15) is 9.59 Å². The van der Waals surface area contributed by atoms with Crippen LogP contribution < -0.4 is 16.0 Å². The van der Waals surface area contributed by atoms with E-state index in [2.05, 4.69) is 16.0 Å². The van der Waals surface area contributed by atoms with E-state index in [1.54, 1.807) is 37.4 Å². The van der Waals surface area contributed by atoms with E-state index in [1.807, 2.05) is 11.4 Å². The minimum atomic E-state index is -0.217. The Hall–Kier alpha value is -1.93. The zero-order chi connectivity index (χ0) is 17.2. The van der Waals surface area contributed by atoms with Crippen LogP contribution in [-0.4, -0.2) is 45.2 Å². The quantitative estimate of drug-likeness (QED) is 0.581.